The molecule has 0 bridgehead atoms. The van der Waals surface area contributed by atoms with Crippen LogP contribution in [0, 0.1) is 0 Å². The van der Waals surface area contributed by atoms with Gasteiger partial charge in [0.05, 0.1) is 6.61 Å². The molecule has 1 aliphatic heterocycles. The van der Waals surface area contributed by atoms with Gasteiger partial charge in [-0.1, -0.05) is 12.1 Å². The fourth-order valence-corrected chi connectivity index (χ4v) is 2.63. The van der Waals surface area contributed by atoms with E-state index in [2.05, 4.69) is 11.9 Å². The van der Waals surface area contributed by atoms with Gasteiger partial charge in [0.15, 0.2) is 22.7 Å². The molecular formula is C19H20N2O6S. The number of rotatable bonds is 8. The highest BCUT2D eigenvalue weighted by atomic mass is 32.1. The molecule has 0 aromatic heterocycles. The Morgan fingerprint density at radius 1 is 1.39 bits per heavy atom. The van der Waals surface area contributed by atoms with E-state index in [1.807, 2.05) is 0 Å². The maximum absolute atomic E-state index is 12.6. The van der Waals surface area contributed by atoms with Gasteiger partial charge in [0.2, 0.25) is 0 Å². The zero-order valence-corrected chi connectivity index (χ0v) is 16.2. The minimum absolute atomic E-state index is 0.0217. The zero-order valence-electron chi connectivity index (χ0n) is 15.4. The van der Waals surface area contributed by atoms with E-state index in [4.69, 9.17) is 26.8 Å². The molecule has 2 rings (SSSR count). The van der Waals surface area contributed by atoms with Gasteiger partial charge in [-0.05, 0) is 49.8 Å². The highest BCUT2D eigenvalue weighted by Crippen LogP contribution is 2.30. The van der Waals surface area contributed by atoms with Gasteiger partial charge in [-0.2, -0.15) is 0 Å². The maximum atomic E-state index is 12.6. The number of carboxylic acid groups (broad SMARTS) is 1. The Kier molecular flexibility index (Phi) is 6.89. The lowest BCUT2D eigenvalue weighted by atomic mass is 10.1. The van der Waals surface area contributed by atoms with Crippen molar-refractivity contribution in [3.63, 3.8) is 0 Å². The highest BCUT2D eigenvalue weighted by molar-refractivity contribution is 7.80. The van der Waals surface area contributed by atoms with Crippen LogP contribution in [0.4, 0.5) is 0 Å². The molecule has 1 saturated heterocycles. The molecule has 1 heterocycles. The van der Waals surface area contributed by atoms with Gasteiger partial charge in [-0.15, -0.1) is 6.58 Å². The smallest absolute Gasteiger partial charge is 0.344 e. The summed E-state index contributed by atoms with van der Waals surface area (Å²) in [6, 6.07) is 4.67. The molecule has 1 fully saturated rings. The van der Waals surface area contributed by atoms with E-state index in [1.165, 1.54) is 30.0 Å². The second-order valence-corrected chi connectivity index (χ2v) is 6.15. The predicted octanol–water partition coefficient (Wildman–Crippen LogP) is 1.75. The Balaban J connectivity index is 2.38. The third-order valence-corrected chi connectivity index (χ3v) is 4.05. The van der Waals surface area contributed by atoms with Crippen molar-refractivity contribution in [3.05, 3.63) is 42.0 Å². The molecule has 0 spiro atoms. The van der Waals surface area contributed by atoms with Crippen LogP contribution in [-0.2, 0) is 14.4 Å². The van der Waals surface area contributed by atoms with Crippen LogP contribution < -0.4 is 14.8 Å². The average molecular weight is 404 g/mol. The summed E-state index contributed by atoms with van der Waals surface area (Å²) in [6.07, 6.45) is 1.84. The number of carboxylic acids is 1. The van der Waals surface area contributed by atoms with Crippen LogP contribution in [0.3, 0.4) is 0 Å². The Bertz CT molecular complexity index is 864. The average Bonchev–Trinajstić information content (AvgIpc) is 2.64. The summed E-state index contributed by atoms with van der Waals surface area (Å²) < 4.78 is 10.9. The van der Waals surface area contributed by atoms with Crippen molar-refractivity contribution in [2.45, 2.75) is 20.0 Å². The molecule has 8 nitrogen and oxygen atoms in total. The molecule has 0 aliphatic carbocycles. The van der Waals surface area contributed by atoms with Crippen LogP contribution >= 0.6 is 12.2 Å². The number of carbonyl (C=O) groups excluding carboxylic acids is 2. The monoisotopic (exact) mass is 404 g/mol. The number of ether oxygens (including phenoxy) is 2. The van der Waals surface area contributed by atoms with E-state index in [9.17, 15) is 14.4 Å². The molecule has 1 aliphatic rings. The number of nitrogens with one attached hydrogen (secondary N) is 1. The summed E-state index contributed by atoms with van der Waals surface area (Å²) in [6.45, 7) is 7.22. The largest absolute Gasteiger partial charge is 0.490 e. The lowest BCUT2D eigenvalue weighted by Crippen LogP contribution is -2.53. The van der Waals surface area contributed by atoms with E-state index < -0.39 is 23.9 Å². The molecule has 0 unspecified atom stereocenters. The fourth-order valence-electron chi connectivity index (χ4n) is 2.38. The van der Waals surface area contributed by atoms with Gasteiger partial charge in [-0.25, -0.2) is 4.79 Å². The first-order valence-electron chi connectivity index (χ1n) is 8.44. The summed E-state index contributed by atoms with van der Waals surface area (Å²) >= 11 is 5.01. The molecule has 148 valence electrons. The lowest BCUT2D eigenvalue weighted by Gasteiger charge is -2.27. The topological polar surface area (TPSA) is 105 Å². The molecule has 2 N–H and O–H groups in total. The molecule has 2 amide bonds. The Morgan fingerprint density at radius 3 is 2.71 bits per heavy atom. The zero-order chi connectivity index (χ0) is 20.8. The van der Waals surface area contributed by atoms with Gasteiger partial charge in [-0.3, -0.25) is 19.8 Å². The van der Waals surface area contributed by atoms with E-state index >= 15 is 0 Å². The van der Waals surface area contributed by atoms with E-state index in [0.29, 0.717) is 17.9 Å². The molecule has 0 radical (unpaired) electrons. The second-order valence-electron chi connectivity index (χ2n) is 5.76. The van der Waals surface area contributed by atoms with Crippen LogP contribution in [-0.4, -0.2) is 52.2 Å². The van der Waals surface area contributed by atoms with Crippen LogP contribution in [0.25, 0.3) is 6.08 Å². The Hall–Kier alpha value is -3.20. The van der Waals surface area contributed by atoms with E-state index in [1.54, 1.807) is 19.1 Å². The normalized spacial score (nSPS) is 16.6. The summed E-state index contributed by atoms with van der Waals surface area (Å²) in [4.78, 5) is 37.0. The fraction of sp³-hybridized carbons (Fsp3) is 0.263. The number of amides is 2. The Labute approximate surface area is 167 Å². The summed E-state index contributed by atoms with van der Waals surface area (Å²) in [5.74, 6) is -1.71. The summed E-state index contributed by atoms with van der Waals surface area (Å²) in [5, 5.41) is 11.5. The number of aliphatic carboxylic acids is 1. The number of nitrogens with zero attached hydrogens (tertiary/aromatic N) is 1. The number of thiocarbonyl (C=S) groups is 1. The first-order valence-corrected chi connectivity index (χ1v) is 8.85. The van der Waals surface area contributed by atoms with Crippen molar-refractivity contribution < 1.29 is 29.0 Å². The van der Waals surface area contributed by atoms with Gasteiger partial charge >= 0.3 is 5.97 Å². The van der Waals surface area contributed by atoms with Crippen LogP contribution in [0.1, 0.15) is 19.4 Å². The van der Waals surface area contributed by atoms with Crippen molar-refractivity contribution in [2.75, 3.05) is 13.2 Å². The molecule has 1 atom stereocenters. The number of hydrogen-bond donors (Lipinski definition) is 2. The number of carbonyl (C=O) groups is 3. The second kappa shape index (κ2) is 9.14. The van der Waals surface area contributed by atoms with Crippen molar-refractivity contribution in [1.29, 1.82) is 0 Å². The van der Waals surface area contributed by atoms with Gasteiger partial charge < -0.3 is 14.6 Å². The molecule has 1 aromatic rings. The van der Waals surface area contributed by atoms with Crippen molar-refractivity contribution in [1.82, 2.24) is 10.2 Å². The van der Waals surface area contributed by atoms with Gasteiger partial charge in [0.25, 0.3) is 11.8 Å². The molecule has 1 aromatic carbocycles. The molecular weight excluding hydrogens is 384 g/mol. The van der Waals surface area contributed by atoms with Crippen LogP contribution in [0.2, 0.25) is 0 Å². The molecule has 9 heteroatoms. The highest BCUT2D eigenvalue weighted by Gasteiger charge is 2.32. The minimum atomic E-state index is -1.11. The van der Waals surface area contributed by atoms with Crippen LogP contribution in [0.5, 0.6) is 11.5 Å². The molecule has 28 heavy (non-hydrogen) atoms. The van der Waals surface area contributed by atoms with Crippen LogP contribution in [0.15, 0.2) is 36.4 Å². The standard InChI is InChI=1S/C19H20N2O6S/c1-4-8-21-17(23)13(16(22)20-19(21)28)9-12-6-7-14(15(10-12)26-5-2)27-11(3)18(24)25/h4,6-7,9-11H,1,5,8H2,2-3H3,(H,24,25)(H,20,22,28)/b13-9+/t11-/m1/s1. The maximum Gasteiger partial charge on any atom is 0.344 e. The van der Waals surface area contributed by atoms with Crippen molar-refractivity contribution >= 4 is 41.2 Å². The van der Waals surface area contributed by atoms with E-state index in [0.717, 1.165) is 0 Å². The van der Waals surface area contributed by atoms with Gasteiger partial charge in [0.1, 0.15) is 5.57 Å². The van der Waals surface area contributed by atoms with Crippen molar-refractivity contribution in [3.8, 4) is 11.5 Å². The first kappa shape index (κ1) is 21.1. The van der Waals surface area contributed by atoms with Crippen molar-refractivity contribution in [2.24, 2.45) is 0 Å². The molecule has 0 saturated carbocycles. The SMILES string of the molecule is C=CCN1C(=O)/C(=C/c2ccc(O[C@H](C)C(=O)O)c(OCC)c2)C(=O)NC1=S. The quantitative estimate of drug-likeness (QED) is 0.294. The summed E-state index contributed by atoms with van der Waals surface area (Å²) in [5.41, 5.74) is 0.411. The minimum Gasteiger partial charge on any atom is -0.490 e. The third kappa shape index (κ3) is 4.74. The Morgan fingerprint density at radius 2 is 2.11 bits per heavy atom. The number of hydrogen-bond acceptors (Lipinski definition) is 6. The van der Waals surface area contributed by atoms with Gasteiger partial charge in [0, 0.05) is 6.54 Å². The van der Waals surface area contributed by atoms with E-state index in [-0.39, 0.29) is 23.0 Å². The predicted molar refractivity (Wildman–Crippen MR) is 106 cm³/mol. The first-order chi connectivity index (χ1) is 13.3. The number of benzene rings is 1. The third-order valence-electron chi connectivity index (χ3n) is 3.73. The summed E-state index contributed by atoms with van der Waals surface area (Å²) in [7, 11) is 0. The lowest BCUT2D eigenvalue weighted by molar-refractivity contribution is -0.144.